The molecule has 0 aliphatic carbocycles. The van der Waals surface area contributed by atoms with E-state index in [4.69, 9.17) is 14.2 Å². The number of carbonyl (C=O) groups excluding carboxylic acids is 3. The zero-order chi connectivity index (χ0) is 22.9. The van der Waals surface area contributed by atoms with E-state index in [0.29, 0.717) is 41.6 Å². The monoisotopic (exact) mass is 451 g/mol. The molecule has 9 heteroatoms. The predicted octanol–water partition coefficient (Wildman–Crippen LogP) is 2.41. The van der Waals surface area contributed by atoms with E-state index in [1.165, 1.54) is 0 Å². The zero-order valence-corrected chi connectivity index (χ0v) is 18.3. The minimum atomic E-state index is -0.547. The van der Waals surface area contributed by atoms with Crippen LogP contribution in [-0.2, 0) is 14.4 Å². The van der Waals surface area contributed by atoms with Crippen molar-refractivity contribution in [1.82, 2.24) is 4.90 Å². The SMILES string of the molecule is COc1ccc(NC(=O)[C@H]2CCCN2C(=O)[C@H]2CC(=O)N(c3ccc4c(c3)OCO4)C2)cc1. The second kappa shape index (κ2) is 8.65. The second-order valence-corrected chi connectivity index (χ2v) is 8.35. The molecule has 172 valence electrons. The van der Waals surface area contributed by atoms with Gasteiger partial charge in [0, 0.05) is 37.0 Å². The molecule has 0 saturated carbocycles. The number of fused-ring (bicyclic) bond motifs is 1. The Labute approximate surface area is 191 Å². The first-order chi connectivity index (χ1) is 16.0. The van der Waals surface area contributed by atoms with Crippen molar-refractivity contribution >= 4 is 29.1 Å². The van der Waals surface area contributed by atoms with Crippen LogP contribution in [-0.4, -0.2) is 55.7 Å². The second-order valence-electron chi connectivity index (χ2n) is 8.35. The molecule has 3 aliphatic rings. The highest BCUT2D eigenvalue weighted by Crippen LogP contribution is 2.37. The Morgan fingerprint density at radius 1 is 1.09 bits per heavy atom. The van der Waals surface area contributed by atoms with Crippen molar-refractivity contribution in [2.45, 2.75) is 25.3 Å². The summed E-state index contributed by atoms with van der Waals surface area (Å²) in [5, 5.41) is 2.89. The van der Waals surface area contributed by atoms with Crippen LogP contribution in [0, 0.1) is 5.92 Å². The summed E-state index contributed by atoms with van der Waals surface area (Å²) in [6, 6.07) is 11.8. The van der Waals surface area contributed by atoms with Gasteiger partial charge in [-0.15, -0.1) is 0 Å². The van der Waals surface area contributed by atoms with E-state index in [1.807, 2.05) is 0 Å². The maximum absolute atomic E-state index is 13.3. The lowest BCUT2D eigenvalue weighted by Crippen LogP contribution is -2.46. The van der Waals surface area contributed by atoms with E-state index < -0.39 is 12.0 Å². The third kappa shape index (κ3) is 4.06. The molecule has 2 saturated heterocycles. The first-order valence-electron chi connectivity index (χ1n) is 11.0. The minimum absolute atomic E-state index is 0.120. The summed E-state index contributed by atoms with van der Waals surface area (Å²) < 4.78 is 15.9. The van der Waals surface area contributed by atoms with Gasteiger partial charge in [-0.3, -0.25) is 14.4 Å². The van der Waals surface area contributed by atoms with E-state index in [0.717, 1.165) is 6.42 Å². The fourth-order valence-electron chi connectivity index (χ4n) is 4.61. The van der Waals surface area contributed by atoms with Gasteiger partial charge < -0.3 is 29.3 Å². The van der Waals surface area contributed by atoms with Gasteiger partial charge in [-0.05, 0) is 49.2 Å². The van der Waals surface area contributed by atoms with Crippen LogP contribution in [0.25, 0.3) is 0 Å². The van der Waals surface area contributed by atoms with Gasteiger partial charge in [0.2, 0.25) is 24.5 Å². The van der Waals surface area contributed by atoms with E-state index in [1.54, 1.807) is 59.4 Å². The maximum atomic E-state index is 13.3. The van der Waals surface area contributed by atoms with Crippen LogP contribution in [0.1, 0.15) is 19.3 Å². The molecule has 0 bridgehead atoms. The van der Waals surface area contributed by atoms with Crippen molar-refractivity contribution in [3.05, 3.63) is 42.5 Å². The van der Waals surface area contributed by atoms with Crippen LogP contribution in [0.3, 0.4) is 0 Å². The Morgan fingerprint density at radius 2 is 1.88 bits per heavy atom. The number of carbonyl (C=O) groups is 3. The minimum Gasteiger partial charge on any atom is -0.497 e. The molecule has 33 heavy (non-hydrogen) atoms. The lowest BCUT2D eigenvalue weighted by Gasteiger charge is -2.26. The van der Waals surface area contributed by atoms with Crippen LogP contribution >= 0.6 is 0 Å². The molecule has 2 aromatic carbocycles. The quantitative estimate of drug-likeness (QED) is 0.750. The van der Waals surface area contributed by atoms with Crippen LogP contribution in [0.2, 0.25) is 0 Å². The molecule has 5 rings (SSSR count). The lowest BCUT2D eigenvalue weighted by molar-refractivity contribution is -0.140. The number of methoxy groups -OCH3 is 1. The van der Waals surface area contributed by atoms with Crippen molar-refractivity contribution < 1.29 is 28.6 Å². The number of anilines is 2. The van der Waals surface area contributed by atoms with E-state index in [-0.39, 0.29) is 37.5 Å². The van der Waals surface area contributed by atoms with Crippen molar-refractivity contribution in [3.8, 4) is 17.2 Å². The van der Waals surface area contributed by atoms with Gasteiger partial charge in [0.25, 0.3) is 0 Å². The fraction of sp³-hybridized carbons (Fsp3) is 0.375. The number of benzene rings is 2. The largest absolute Gasteiger partial charge is 0.497 e. The number of hydrogen-bond donors (Lipinski definition) is 1. The summed E-state index contributed by atoms with van der Waals surface area (Å²) >= 11 is 0. The third-order valence-corrected chi connectivity index (χ3v) is 6.34. The molecular weight excluding hydrogens is 426 g/mol. The molecule has 0 unspecified atom stereocenters. The smallest absolute Gasteiger partial charge is 0.247 e. The summed E-state index contributed by atoms with van der Waals surface area (Å²) in [5.41, 5.74) is 1.32. The maximum Gasteiger partial charge on any atom is 0.247 e. The van der Waals surface area contributed by atoms with Gasteiger partial charge in [0.05, 0.1) is 13.0 Å². The molecule has 0 radical (unpaired) electrons. The number of likely N-dealkylation sites (tertiary alicyclic amines) is 1. The Bertz CT molecular complexity index is 1090. The van der Waals surface area contributed by atoms with Gasteiger partial charge in [-0.25, -0.2) is 0 Å². The summed E-state index contributed by atoms with van der Waals surface area (Å²) in [5.74, 6) is 0.944. The molecule has 0 aromatic heterocycles. The van der Waals surface area contributed by atoms with Gasteiger partial charge in [0.1, 0.15) is 11.8 Å². The van der Waals surface area contributed by atoms with Gasteiger partial charge in [-0.2, -0.15) is 0 Å². The van der Waals surface area contributed by atoms with Crippen molar-refractivity contribution in [2.24, 2.45) is 5.92 Å². The van der Waals surface area contributed by atoms with Crippen molar-refractivity contribution in [2.75, 3.05) is 37.2 Å². The Kier molecular flexibility index (Phi) is 5.53. The summed E-state index contributed by atoms with van der Waals surface area (Å²) in [6.45, 7) is 0.942. The van der Waals surface area contributed by atoms with E-state index >= 15 is 0 Å². The van der Waals surface area contributed by atoms with Crippen LogP contribution in [0.4, 0.5) is 11.4 Å². The lowest BCUT2D eigenvalue weighted by atomic mass is 10.1. The summed E-state index contributed by atoms with van der Waals surface area (Å²) in [6.07, 6.45) is 1.47. The topological polar surface area (TPSA) is 97.4 Å². The van der Waals surface area contributed by atoms with Gasteiger partial charge >= 0.3 is 0 Å². The van der Waals surface area contributed by atoms with Crippen molar-refractivity contribution in [1.29, 1.82) is 0 Å². The van der Waals surface area contributed by atoms with Crippen LogP contribution in [0.5, 0.6) is 17.2 Å². The molecule has 3 amide bonds. The molecule has 2 fully saturated rings. The predicted molar refractivity (Wildman–Crippen MR) is 119 cm³/mol. The average molecular weight is 451 g/mol. The normalized spacial score (nSPS) is 21.4. The number of rotatable bonds is 5. The molecule has 3 aliphatic heterocycles. The fourth-order valence-corrected chi connectivity index (χ4v) is 4.61. The van der Waals surface area contributed by atoms with Crippen LogP contribution in [0.15, 0.2) is 42.5 Å². The molecule has 2 atom stereocenters. The molecule has 9 nitrogen and oxygen atoms in total. The average Bonchev–Trinajstić information content (AvgIpc) is 3.58. The number of amides is 3. The first-order valence-corrected chi connectivity index (χ1v) is 11.0. The van der Waals surface area contributed by atoms with Gasteiger partial charge in [-0.1, -0.05) is 0 Å². The third-order valence-electron chi connectivity index (χ3n) is 6.34. The molecular formula is C24H25N3O6. The highest BCUT2D eigenvalue weighted by Gasteiger charge is 2.42. The summed E-state index contributed by atoms with van der Waals surface area (Å²) in [4.78, 5) is 42.2. The Balaban J connectivity index is 1.25. The molecule has 3 heterocycles. The molecule has 1 N–H and O–H groups in total. The summed E-state index contributed by atoms with van der Waals surface area (Å²) in [7, 11) is 1.58. The number of nitrogens with zero attached hydrogens (tertiary/aromatic N) is 2. The van der Waals surface area contributed by atoms with Crippen molar-refractivity contribution in [3.63, 3.8) is 0 Å². The number of ether oxygens (including phenoxy) is 3. The number of hydrogen-bond acceptors (Lipinski definition) is 6. The molecule has 2 aromatic rings. The van der Waals surface area contributed by atoms with E-state index in [9.17, 15) is 14.4 Å². The Morgan fingerprint density at radius 3 is 2.67 bits per heavy atom. The standard InChI is InChI=1S/C24H25N3O6/c1-31-18-7-4-16(5-8-18)25-23(29)19-3-2-10-26(19)24(30)15-11-22(28)27(13-15)17-6-9-20-21(12-17)33-14-32-20/h4-9,12,15,19H,2-3,10-11,13-14H2,1H3,(H,25,29)/t15-,19+/m0/s1. The molecule has 0 spiro atoms. The zero-order valence-electron chi connectivity index (χ0n) is 18.3. The highest BCUT2D eigenvalue weighted by molar-refractivity contribution is 6.02. The van der Waals surface area contributed by atoms with Crippen LogP contribution < -0.4 is 24.4 Å². The van der Waals surface area contributed by atoms with E-state index in [2.05, 4.69) is 5.32 Å². The number of nitrogens with one attached hydrogen (secondary N) is 1. The van der Waals surface area contributed by atoms with Gasteiger partial charge in [0.15, 0.2) is 11.5 Å². The first kappa shape index (κ1) is 21.1. The Hall–Kier alpha value is -3.75. The highest BCUT2D eigenvalue weighted by atomic mass is 16.7.